The monoisotopic (exact) mass is 286 g/mol. The molecule has 0 radical (unpaired) electrons. The van der Waals surface area contributed by atoms with Gasteiger partial charge in [0.15, 0.2) is 0 Å². The molecule has 1 aliphatic heterocycles. The molecule has 1 heterocycles. The van der Waals surface area contributed by atoms with Gasteiger partial charge in [0.05, 0.1) is 5.37 Å². The Balaban J connectivity index is 2.66. The highest BCUT2D eigenvalue weighted by molar-refractivity contribution is 8.00. The van der Waals surface area contributed by atoms with E-state index in [0.717, 1.165) is 6.42 Å². The summed E-state index contributed by atoms with van der Waals surface area (Å²) in [5, 5.41) is 11.9. The number of thioether (sulfide) groups is 1. The Morgan fingerprint density at radius 1 is 1.53 bits per heavy atom. The zero-order valence-corrected chi connectivity index (χ0v) is 12.4. The zero-order chi connectivity index (χ0) is 14.4. The number of carbonyl (C=O) groups excluding carboxylic acids is 1. The Bertz CT molecular complexity index is 358. The van der Waals surface area contributed by atoms with Crippen LogP contribution < -0.4 is 5.32 Å². The first-order chi connectivity index (χ1) is 8.99. The van der Waals surface area contributed by atoms with Crippen molar-refractivity contribution in [1.82, 2.24) is 10.2 Å². The standard InChI is InChI=1S/C13H22N2O3S/c1-4-5-6-7-14-13(18)15-10(12(16)17)8-19-11(15)9(2)3/h4-5,9-11H,6-8H2,1-3H3,(H,14,18)(H,16,17)/b5-4+. The SMILES string of the molecule is C/C=C/CCNC(=O)N1C(C(=O)O)CSC1C(C)C. The van der Waals surface area contributed by atoms with Crippen LogP contribution in [0, 0.1) is 5.92 Å². The third kappa shape index (κ3) is 4.16. The predicted octanol–water partition coefficient (Wildman–Crippen LogP) is 2.15. The molecule has 0 aromatic carbocycles. The number of nitrogens with zero attached hydrogens (tertiary/aromatic N) is 1. The van der Waals surface area contributed by atoms with E-state index in [0.29, 0.717) is 12.3 Å². The van der Waals surface area contributed by atoms with Crippen molar-refractivity contribution >= 4 is 23.8 Å². The lowest BCUT2D eigenvalue weighted by Gasteiger charge is -2.29. The Hall–Kier alpha value is -1.17. The van der Waals surface area contributed by atoms with Crippen LogP contribution in [0.3, 0.4) is 0 Å². The number of carboxylic acid groups (broad SMARTS) is 1. The van der Waals surface area contributed by atoms with Gasteiger partial charge in [-0.3, -0.25) is 4.90 Å². The van der Waals surface area contributed by atoms with E-state index in [-0.39, 0.29) is 17.3 Å². The van der Waals surface area contributed by atoms with Gasteiger partial charge in [-0.25, -0.2) is 9.59 Å². The van der Waals surface area contributed by atoms with Crippen molar-refractivity contribution in [3.8, 4) is 0 Å². The first-order valence-electron chi connectivity index (χ1n) is 6.50. The maximum Gasteiger partial charge on any atom is 0.327 e. The molecule has 0 aromatic rings. The number of carbonyl (C=O) groups is 2. The quantitative estimate of drug-likeness (QED) is 0.600. The number of hydrogen-bond donors (Lipinski definition) is 2. The van der Waals surface area contributed by atoms with Gasteiger partial charge >= 0.3 is 12.0 Å². The molecule has 1 saturated heterocycles. The molecule has 0 saturated carbocycles. The Morgan fingerprint density at radius 2 is 2.21 bits per heavy atom. The summed E-state index contributed by atoms with van der Waals surface area (Å²) in [5.41, 5.74) is 0. The summed E-state index contributed by atoms with van der Waals surface area (Å²) in [4.78, 5) is 24.8. The number of urea groups is 1. The van der Waals surface area contributed by atoms with Crippen LogP contribution in [0.4, 0.5) is 4.79 Å². The van der Waals surface area contributed by atoms with Crippen molar-refractivity contribution in [3.63, 3.8) is 0 Å². The molecule has 0 aromatic heterocycles. The average Bonchev–Trinajstić information content (AvgIpc) is 2.79. The highest BCUT2D eigenvalue weighted by Crippen LogP contribution is 2.33. The normalized spacial score (nSPS) is 23.3. The van der Waals surface area contributed by atoms with Gasteiger partial charge in [0, 0.05) is 12.3 Å². The van der Waals surface area contributed by atoms with Gasteiger partial charge in [0.1, 0.15) is 6.04 Å². The minimum absolute atomic E-state index is 0.0668. The summed E-state index contributed by atoms with van der Waals surface area (Å²) in [6.07, 6.45) is 4.65. The second-order valence-corrected chi connectivity index (χ2v) is 5.97. The summed E-state index contributed by atoms with van der Waals surface area (Å²) in [7, 11) is 0. The van der Waals surface area contributed by atoms with Crippen molar-refractivity contribution in [2.75, 3.05) is 12.3 Å². The van der Waals surface area contributed by atoms with Gasteiger partial charge in [-0.05, 0) is 19.3 Å². The van der Waals surface area contributed by atoms with Crippen molar-refractivity contribution in [2.45, 2.75) is 38.6 Å². The summed E-state index contributed by atoms with van der Waals surface area (Å²) in [6, 6.07) is -1.00. The van der Waals surface area contributed by atoms with E-state index in [1.165, 1.54) is 16.7 Å². The smallest absolute Gasteiger partial charge is 0.327 e. The lowest BCUT2D eigenvalue weighted by Crippen LogP contribution is -2.51. The molecule has 2 atom stereocenters. The lowest BCUT2D eigenvalue weighted by atomic mass is 10.2. The minimum Gasteiger partial charge on any atom is -0.480 e. The molecule has 1 fully saturated rings. The number of hydrogen-bond acceptors (Lipinski definition) is 3. The Labute approximate surface area is 118 Å². The van der Waals surface area contributed by atoms with Gasteiger partial charge in [-0.2, -0.15) is 0 Å². The summed E-state index contributed by atoms with van der Waals surface area (Å²) < 4.78 is 0. The highest BCUT2D eigenvalue weighted by Gasteiger charge is 2.42. The fourth-order valence-electron chi connectivity index (χ4n) is 2.01. The van der Waals surface area contributed by atoms with Crippen LogP contribution >= 0.6 is 11.8 Å². The van der Waals surface area contributed by atoms with E-state index >= 15 is 0 Å². The molecule has 6 heteroatoms. The topological polar surface area (TPSA) is 69.6 Å². The van der Waals surface area contributed by atoms with Crippen LogP contribution in [0.5, 0.6) is 0 Å². The number of allylic oxidation sites excluding steroid dienone is 1. The minimum atomic E-state index is -0.931. The molecule has 19 heavy (non-hydrogen) atoms. The van der Waals surface area contributed by atoms with E-state index < -0.39 is 12.0 Å². The number of rotatable bonds is 5. The number of aliphatic carboxylic acids is 1. The number of nitrogens with one attached hydrogen (secondary N) is 1. The molecule has 1 aliphatic rings. The summed E-state index contributed by atoms with van der Waals surface area (Å²) in [5.74, 6) is -0.240. The van der Waals surface area contributed by atoms with Crippen molar-refractivity contribution in [2.24, 2.45) is 5.92 Å². The highest BCUT2D eigenvalue weighted by atomic mass is 32.2. The summed E-state index contributed by atoms with van der Waals surface area (Å²) in [6.45, 7) is 6.46. The molecule has 2 amide bonds. The van der Waals surface area contributed by atoms with E-state index in [1.807, 2.05) is 32.9 Å². The fraction of sp³-hybridized carbons (Fsp3) is 0.692. The van der Waals surface area contributed by atoms with Crippen LogP contribution in [0.15, 0.2) is 12.2 Å². The van der Waals surface area contributed by atoms with Gasteiger partial charge < -0.3 is 10.4 Å². The fourth-order valence-corrected chi connectivity index (χ4v) is 3.48. The van der Waals surface area contributed by atoms with E-state index in [2.05, 4.69) is 5.32 Å². The van der Waals surface area contributed by atoms with Gasteiger partial charge in [-0.1, -0.05) is 26.0 Å². The second kappa shape index (κ2) is 7.43. The molecule has 2 unspecified atom stereocenters. The zero-order valence-electron chi connectivity index (χ0n) is 11.6. The largest absolute Gasteiger partial charge is 0.480 e. The second-order valence-electron chi connectivity index (χ2n) is 4.82. The van der Waals surface area contributed by atoms with Crippen LogP contribution in [-0.2, 0) is 4.79 Å². The Morgan fingerprint density at radius 3 is 2.74 bits per heavy atom. The van der Waals surface area contributed by atoms with Crippen LogP contribution in [-0.4, -0.2) is 45.7 Å². The van der Waals surface area contributed by atoms with Gasteiger partial charge in [0.25, 0.3) is 0 Å². The summed E-state index contributed by atoms with van der Waals surface area (Å²) >= 11 is 1.54. The first kappa shape index (κ1) is 15.9. The van der Waals surface area contributed by atoms with E-state index in [1.54, 1.807) is 0 Å². The molecule has 108 valence electrons. The van der Waals surface area contributed by atoms with Crippen LogP contribution in [0.1, 0.15) is 27.2 Å². The van der Waals surface area contributed by atoms with Gasteiger partial charge in [-0.15, -0.1) is 11.8 Å². The molecule has 5 nitrogen and oxygen atoms in total. The third-order valence-electron chi connectivity index (χ3n) is 2.95. The number of amides is 2. The maximum absolute atomic E-state index is 12.2. The van der Waals surface area contributed by atoms with Crippen molar-refractivity contribution < 1.29 is 14.7 Å². The molecule has 0 bridgehead atoms. The lowest BCUT2D eigenvalue weighted by molar-refractivity contribution is -0.141. The van der Waals surface area contributed by atoms with E-state index in [4.69, 9.17) is 0 Å². The molecular formula is C13H22N2O3S. The third-order valence-corrected chi connectivity index (χ3v) is 4.57. The van der Waals surface area contributed by atoms with Crippen molar-refractivity contribution in [3.05, 3.63) is 12.2 Å². The maximum atomic E-state index is 12.2. The molecule has 1 rings (SSSR count). The van der Waals surface area contributed by atoms with Gasteiger partial charge in [0.2, 0.25) is 0 Å². The van der Waals surface area contributed by atoms with Crippen LogP contribution in [0.2, 0.25) is 0 Å². The number of carboxylic acids is 1. The molecular weight excluding hydrogens is 264 g/mol. The van der Waals surface area contributed by atoms with E-state index in [9.17, 15) is 14.7 Å². The van der Waals surface area contributed by atoms with Crippen LogP contribution in [0.25, 0.3) is 0 Å². The average molecular weight is 286 g/mol. The molecule has 2 N–H and O–H groups in total. The molecule has 0 spiro atoms. The Kier molecular flexibility index (Phi) is 6.21. The van der Waals surface area contributed by atoms with Crippen molar-refractivity contribution in [1.29, 1.82) is 0 Å². The predicted molar refractivity (Wildman–Crippen MR) is 77.2 cm³/mol. The molecule has 0 aliphatic carbocycles. The first-order valence-corrected chi connectivity index (χ1v) is 7.55.